The Bertz CT molecular complexity index is 386. The molecule has 0 aliphatic rings. The third-order valence-corrected chi connectivity index (χ3v) is 3.18. The fourth-order valence-electron chi connectivity index (χ4n) is 1.49. The summed E-state index contributed by atoms with van der Waals surface area (Å²) in [5, 5.41) is 12.8. The van der Waals surface area contributed by atoms with Crippen LogP contribution in [0.15, 0.2) is 0 Å². The van der Waals surface area contributed by atoms with E-state index in [1.165, 1.54) is 11.3 Å². The molecule has 0 aromatic carbocycles. The smallest absolute Gasteiger partial charge is 0.263 e. The van der Waals surface area contributed by atoms with Crippen LogP contribution in [0.3, 0.4) is 0 Å². The van der Waals surface area contributed by atoms with Gasteiger partial charge in [0.05, 0.1) is 16.8 Å². The van der Waals surface area contributed by atoms with E-state index in [1.54, 1.807) is 6.92 Å². The lowest BCUT2D eigenvalue weighted by Gasteiger charge is -2.07. The molecule has 0 bridgehead atoms. The highest BCUT2D eigenvalue weighted by Crippen LogP contribution is 2.20. The molecule has 0 saturated carbocycles. The molecule has 17 heavy (non-hydrogen) atoms. The fourth-order valence-corrected chi connectivity index (χ4v) is 2.36. The van der Waals surface area contributed by atoms with E-state index in [1.807, 2.05) is 6.92 Å². The second-order valence-electron chi connectivity index (χ2n) is 4.67. The molecule has 1 aromatic rings. The van der Waals surface area contributed by atoms with E-state index >= 15 is 0 Å². The lowest BCUT2D eigenvalue weighted by atomic mass is 10.1. The predicted molar refractivity (Wildman–Crippen MR) is 69.4 cm³/mol. The summed E-state index contributed by atoms with van der Waals surface area (Å²) in [7, 11) is 0. The van der Waals surface area contributed by atoms with Gasteiger partial charge in [0.15, 0.2) is 0 Å². The second-order valence-corrected chi connectivity index (χ2v) is 5.87. The van der Waals surface area contributed by atoms with Crippen LogP contribution >= 0.6 is 11.3 Å². The number of rotatable bonds is 5. The van der Waals surface area contributed by atoms with Crippen molar-refractivity contribution in [3.05, 3.63) is 15.6 Å². The molecule has 0 saturated heterocycles. The Balaban J connectivity index is 2.77. The van der Waals surface area contributed by atoms with Crippen LogP contribution in [-0.4, -0.2) is 28.6 Å². The van der Waals surface area contributed by atoms with E-state index in [0.29, 0.717) is 10.8 Å². The number of thiazole rings is 1. The van der Waals surface area contributed by atoms with Crippen LogP contribution in [0.4, 0.5) is 0 Å². The average Bonchev–Trinajstić information content (AvgIpc) is 2.54. The van der Waals surface area contributed by atoms with E-state index < -0.39 is 6.10 Å². The summed E-state index contributed by atoms with van der Waals surface area (Å²) >= 11 is 1.41. The fraction of sp³-hybridized carbons (Fsp3) is 0.667. The molecule has 1 atom stereocenters. The molecular formula is C12H20N2O2S. The van der Waals surface area contributed by atoms with Crippen molar-refractivity contribution in [3.63, 3.8) is 0 Å². The molecule has 1 rings (SSSR count). The minimum Gasteiger partial charge on any atom is -0.392 e. The van der Waals surface area contributed by atoms with Gasteiger partial charge in [-0.3, -0.25) is 4.79 Å². The van der Waals surface area contributed by atoms with E-state index in [0.717, 1.165) is 17.1 Å². The van der Waals surface area contributed by atoms with Gasteiger partial charge in [-0.1, -0.05) is 13.8 Å². The third kappa shape index (κ3) is 4.44. The lowest BCUT2D eigenvalue weighted by molar-refractivity contribution is 0.0927. The van der Waals surface area contributed by atoms with Gasteiger partial charge in [-0.15, -0.1) is 11.3 Å². The van der Waals surface area contributed by atoms with Crippen LogP contribution in [-0.2, 0) is 6.42 Å². The number of carbonyl (C=O) groups is 1. The van der Waals surface area contributed by atoms with Crippen LogP contribution in [0.25, 0.3) is 0 Å². The summed E-state index contributed by atoms with van der Waals surface area (Å²) < 4.78 is 0. The van der Waals surface area contributed by atoms with Crippen LogP contribution in [0.5, 0.6) is 0 Å². The molecule has 1 amide bonds. The standard InChI is InChI=1S/C12H20N2O2S/c1-7(2)5-10-11(17-9(4)14-10)12(16)13-6-8(3)15/h7-8,15H,5-6H2,1-4H3,(H,13,16). The maximum absolute atomic E-state index is 11.9. The van der Waals surface area contributed by atoms with Gasteiger partial charge in [-0.05, 0) is 26.2 Å². The average molecular weight is 256 g/mol. The summed E-state index contributed by atoms with van der Waals surface area (Å²) in [4.78, 5) is 17.0. The molecule has 5 heteroatoms. The monoisotopic (exact) mass is 256 g/mol. The summed E-state index contributed by atoms with van der Waals surface area (Å²) in [6.07, 6.45) is 0.281. The number of amides is 1. The Hall–Kier alpha value is -0.940. The molecule has 1 aromatic heterocycles. The van der Waals surface area contributed by atoms with Gasteiger partial charge in [0.25, 0.3) is 5.91 Å². The molecule has 96 valence electrons. The van der Waals surface area contributed by atoms with Crippen molar-refractivity contribution in [1.29, 1.82) is 0 Å². The molecule has 2 N–H and O–H groups in total. The maximum atomic E-state index is 11.9. The minimum atomic E-state index is -0.526. The quantitative estimate of drug-likeness (QED) is 0.844. The molecule has 0 spiro atoms. The highest BCUT2D eigenvalue weighted by Gasteiger charge is 2.17. The molecule has 0 aliphatic carbocycles. The van der Waals surface area contributed by atoms with Crippen molar-refractivity contribution in [2.24, 2.45) is 5.92 Å². The summed E-state index contributed by atoms with van der Waals surface area (Å²) in [6.45, 7) is 8.03. The lowest BCUT2D eigenvalue weighted by Crippen LogP contribution is -2.30. The first-order valence-electron chi connectivity index (χ1n) is 5.82. The van der Waals surface area contributed by atoms with E-state index in [4.69, 9.17) is 5.11 Å². The van der Waals surface area contributed by atoms with Crippen LogP contribution in [0, 0.1) is 12.8 Å². The van der Waals surface area contributed by atoms with Gasteiger partial charge in [0, 0.05) is 6.54 Å². The number of carbonyl (C=O) groups excluding carboxylic acids is 1. The van der Waals surface area contributed by atoms with Crippen molar-refractivity contribution < 1.29 is 9.90 Å². The molecule has 0 aliphatic heterocycles. The number of hydrogen-bond donors (Lipinski definition) is 2. The van der Waals surface area contributed by atoms with Crippen molar-refractivity contribution in [3.8, 4) is 0 Å². The van der Waals surface area contributed by atoms with Gasteiger partial charge >= 0.3 is 0 Å². The van der Waals surface area contributed by atoms with Gasteiger partial charge in [0.2, 0.25) is 0 Å². The minimum absolute atomic E-state index is 0.132. The van der Waals surface area contributed by atoms with Gasteiger partial charge < -0.3 is 10.4 Å². The molecule has 1 heterocycles. The largest absolute Gasteiger partial charge is 0.392 e. The maximum Gasteiger partial charge on any atom is 0.263 e. The number of aliphatic hydroxyl groups excluding tert-OH is 1. The highest BCUT2D eigenvalue weighted by atomic mass is 32.1. The molecule has 4 nitrogen and oxygen atoms in total. The first-order valence-corrected chi connectivity index (χ1v) is 6.64. The predicted octanol–water partition coefficient (Wildman–Crippen LogP) is 1.76. The topological polar surface area (TPSA) is 62.2 Å². The second kappa shape index (κ2) is 6.12. The number of hydrogen-bond acceptors (Lipinski definition) is 4. The van der Waals surface area contributed by atoms with Gasteiger partial charge in [0.1, 0.15) is 4.88 Å². The summed E-state index contributed by atoms with van der Waals surface area (Å²) in [5.41, 5.74) is 0.866. The molecular weight excluding hydrogens is 236 g/mol. The first-order chi connectivity index (χ1) is 7.90. The van der Waals surface area contributed by atoms with Crippen LogP contribution < -0.4 is 5.32 Å². The number of aromatic nitrogens is 1. The summed E-state index contributed by atoms with van der Waals surface area (Å²) in [5.74, 6) is 0.340. The van der Waals surface area contributed by atoms with Crippen molar-refractivity contribution in [2.45, 2.75) is 40.2 Å². The molecule has 0 radical (unpaired) electrons. The van der Waals surface area contributed by atoms with Gasteiger partial charge in [-0.2, -0.15) is 0 Å². The number of aliphatic hydroxyl groups is 1. The Morgan fingerprint density at radius 2 is 2.12 bits per heavy atom. The van der Waals surface area contributed by atoms with E-state index in [9.17, 15) is 4.79 Å². The summed E-state index contributed by atoms with van der Waals surface area (Å²) in [6, 6.07) is 0. The van der Waals surface area contributed by atoms with E-state index in [2.05, 4.69) is 24.1 Å². The number of aryl methyl sites for hydroxylation is 1. The normalized spacial score (nSPS) is 12.8. The van der Waals surface area contributed by atoms with Crippen LogP contribution in [0.2, 0.25) is 0 Å². The first kappa shape index (κ1) is 14.1. The zero-order valence-corrected chi connectivity index (χ0v) is 11.6. The number of nitrogens with one attached hydrogen (secondary N) is 1. The SMILES string of the molecule is Cc1nc(CC(C)C)c(C(=O)NCC(C)O)s1. The Morgan fingerprint density at radius 3 is 2.65 bits per heavy atom. The third-order valence-electron chi connectivity index (χ3n) is 2.17. The Labute approximate surface area is 106 Å². The van der Waals surface area contributed by atoms with Crippen molar-refractivity contribution >= 4 is 17.2 Å². The van der Waals surface area contributed by atoms with Gasteiger partial charge in [-0.25, -0.2) is 4.98 Å². The molecule has 1 unspecified atom stereocenters. The van der Waals surface area contributed by atoms with Crippen molar-refractivity contribution in [1.82, 2.24) is 10.3 Å². The number of nitrogens with zero attached hydrogens (tertiary/aromatic N) is 1. The zero-order chi connectivity index (χ0) is 13.0. The van der Waals surface area contributed by atoms with E-state index in [-0.39, 0.29) is 12.5 Å². The zero-order valence-electron chi connectivity index (χ0n) is 10.8. The van der Waals surface area contributed by atoms with Crippen molar-refractivity contribution in [2.75, 3.05) is 6.54 Å². The Morgan fingerprint density at radius 1 is 1.47 bits per heavy atom. The molecule has 0 fully saturated rings. The van der Waals surface area contributed by atoms with Crippen LogP contribution in [0.1, 0.15) is 41.1 Å². The Kier molecular flexibility index (Phi) is 5.08. The highest BCUT2D eigenvalue weighted by molar-refractivity contribution is 7.13.